The van der Waals surface area contributed by atoms with Gasteiger partial charge in [0.05, 0.1) is 12.7 Å². The van der Waals surface area contributed by atoms with Gasteiger partial charge in [-0.05, 0) is 38.1 Å². The van der Waals surface area contributed by atoms with Crippen molar-refractivity contribution in [3.8, 4) is 0 Å². The molecule has 0 atom stereocenters. The Kier molecular flexibility index (Phi) is 7.81. The molecular weight excluding hydrogens is 202 g/mol. The van der Waals surface area contributed by atoms with Crippen LogP contribution in [-0.4, -0.2) is 39.0 Å². The molecule has 16 heavy (non-hydrogen) atoms. The molecule has 1 aliphatic heterocycles. The number of nitrogens with one attached hydrogen (secondary N) is 1. The van der Waals surface area contributed by atoms with Crippen molar-refractivity contribution in [2.24, 2.45) is 5.92 Å². The Morgan fingerprint density at radius 1 is 1.25 bits per heavy atom. The summed E-state index contributed by atoms with van der Waals surface area (Å²) in [5.41, 5.74) is 0. The minimum absolute atomic E-state index is 0.436. The molecule has 1 N–H and O–H groups in total. The molecule has 0 amide bonds. The molecule has 0 radical (unpaired) electrons. The maximum Gasteiger partial charge on any atom is 0.0619 e. The summed E-state index contributed by atoms with van der Waals surface area (Å²) in [5.74, 6) is 0.820. The number of rotatable bonds is 8. The molecule has 0 spiro atoms. The van der Waals surface area contributed by atoms with Crippen molar-refractivity contribution in [3.05, 3.63) is 0 Å². The third kappa shape index (κ3) is 7.20. The number of hydrogen-bond donors (Lipinski definition) is 1. The second kappa shape index (κ2) is 8.97. The standard InChI is InChI=1S/C13H27NO2/c1-12(2)4-3-7-14-8-11-16-13-5-9-15-10-6-13/h12-14H,3-11H2,1-2H3. The van der Waals surface area contributed by atoms with E-state index in [4.69, 9.17) is 9.47 Å². The first-order valence-corrected chi connectivity index (χ1v) is 6.69. The van der Waals surface area contributed by atoms with Crippen molar-refractivity contribution in [1.82, 2.24) is 5.32 Å². The highest BCUT2D eigenvalue weighted by atomic mass is 16.5. The normalized spacial score (nSPS) is 18.2. The molecule has 0 aromatic carbocycles. The molecule has 0 aromatic rings. The molecule has 0 unspecified atom stereocenters. The van der Waals surface area contributed by atoms with Gasteiger partial charge in [-0.25, -0.2) is 0 Å². The summed E-state index contributed by atoms with van der Waals surface area (Å²) >= 11 is 0. The van der Waals surface area contributed by atoms with Crippen LogP contribution in [-0.2, 0) is 9.47 Å². The first kappa shape index (κ1) is 13.9. The van der Waals surface area contributed by atoms with Gasteiger partial charge in [0.15, 0.2) is 0 Å². The maximum atomic E-state index is 5.77. The van der Waals surface area contributed by atoms with E-state index in [1.165, 1.54) is 12.8 Å². The van der Waals surface area contributed by atoms with Gasteiger partial charge in [-0.2, -0.15) is 0 Å². The highest BCUT2D eigenvalue weighted by molar-refractivity contribution is 4.62. The predicted molar refractivity (Wildman–Crippen MR) is 66.7 cm³/mol. The molecule has 3 heteroatoms. The van der Waals surface area contributed by atoms with E-state index in [9.17, 15) is 0 Å². The maximum absolute atomic E-state index is 5.77. The second-order valence-electron chi connectivity index (χ2n) is 4.97. The van der Waals surface area contributed by atoms with Crippen LogP contribution in [0.25, 0.3) is 0 Å². The predicted octanol–water partition coefficient (Wildman–Crippen LogP) is 2.21. The van der Waals surface area contributed by atoms with E-state index in [2.05, 4.69) is 19.2 Å². The Morgan fingerprint density at radius 2 is 2.00 bits per heavy atom. The second-order valence-corrected chi connectivity index (χ2v) is 4.97. The molecule has 1 fully saturated rings. The lowest BCUT2D eigenvalue weighted by Crippen LogP contribution is -2.28. The summed E-state index contributed by atoms with van der Waals surface area (Å²) in [6, 6.07) is 0. The molecule has 3 nitrogen and oxygen atoms in total. The van der Waals surface area contributed by atoms with Gasteiger partial charge in [-0.1, -0.05) is 13.8 Å². The van der Waals surface area contributed by atoms with E-state index in [0.717, 1.165) is 51.7 Å². The van der Waals surface area contributed by atoms with E-state index < -0.39 is 0 Å². The van der Waals surface area contributed by atoms with Crippen LogP contribution in [0.1, 0.15) is 39.5 Å². The highest BCUT2D eigenvalue weighted by Gasteiger charge is 2.13. The summed E-state index contributed by atoms with van der Waals surface area (Å²) in [5, 5.41) is 3.42. The molecule has 0 aromatic heterocycles. The lowest BCUT2D eigenvalue weighted by molar-refractivity contribution is -0.0304. The van der Waals surface area contributed by atoms with Gasteiger partial charge < -0.3 is 14.8 Å². The van der Waals surface area contributed by atoms with Crippen LogP contribution in [0.3, 0.4) is 0 Å². The van der Waals surface area contributed by atoms with Crippen LogP contribution in [0.5, 0.6) is 0 Å². The Balaban J connectivity index is 1.80. The average Bonchev–Trinajstić information content (AvgIpc) is 2.29. The largest absolute Gasteiger partial charge is 0.381 e. The SMILES string of the molecule is CC(C)CCCNCCOC1CCOCC1. The summed E-state index contributed by atoms with van der Waals surface area (Å²) in [6.07, 6.45) is 5.15. The van der Waals surface area contributed by atoms with Gasteiger partial charge in [0, 0.05) is 19.8 Å². The molecule has 1 rings (SSSR count). The molecule has 0 aliphatic carbocycles. The van der Waals surface area contributed by atoms with Crippen molar-refractivity contribution in [2.45, 2.75) is 45.6 Å². The summed E-state index contributed by atoms with van der Waals surface area (Å²) in [4.78, 5) is 0. The minimum atomic E-state index is 0.436. The van der Waals surface area contributed by atoms with Crippen LogP contribution in [0.15, 0.2) is 0 Å². The lowest BCUT2D eigenvalue weighted by Gasteiger charge is -2.22. The van der Waals surface area contributed by atoms with Crippen molar-refractivity contribution >= 4 is 0 Å². The molecule has 1 heterocycles. The first-order valence-electron chi connectivity index (χ1n) is 6.69. The average molecular weight is 229 g/mol. The monoisotopic (exact) mass is 229 g/mol. The molecule has 1 aliphatic rings. The number of hydrogen-bond acceptors (Lipinski definition) is 3. The smallest absolute Gasteiger partial charge is 0.0619 e. The molecule has 1 saturated heterocycles. The fourth-order valence-electron chi connectivity index (χ4n) is 1.90. The molecule has 0 saturated carbocycles. The zero-order valence-corrected chi connectivity index (χ0v) is 10.8. The van der Waals surface area contributed by atoms with Crippen molar-refractivity contribution in [2.75, 3.05) is 32.9 Å². The fraction of sp³-hybridized carbons (Fsp3) is 1.00. The minimum Gasteiger partial charge on any atom is -0.381 e. The Morgan fingerprint density at radius 3 is 2.69 bits per heavy atom. The fourth-order valence-corrected chi connectivity index (χ4v) is 1.90. The quantitative estimate of drug-likeness (QED) is 0.647. The molecule has 0 bridgehead atoms. The molecule has 96 valence electrons. The van der Waals surface area contributed by atoms with Gasteiger partial charge >= 0.3 is 0 Å². The van der Waals surface area contributed by atoms with Crippen LogP contribution in [0.4, 0.5) is 0 Å². The topological polar surface area (TPSA) is 30.5 Å². The van der Waals surface area contributed by atoms with Gasteiger partial charge in [0.2, 0.25) is 0 Å². The Hall–Kier alpha value is -0.120. The van der Waals surface area contributed by atoms with Gasteiger partial charge in [-0.15, -0.1) is 0 Å². The van der Waals surface area contributed by atoms with E-state index in [1.54, 1.807) is 0 Å². The van der Waals surface area contributed by atoms with E-state index in [1.807, 2.05) is 0 Å². The highest BCUT2D eigenvalue weighted by Crippen LogP contribution is 2.09. The summed E-state index contributed by atoms with van der Waals surface area (Å²) in [7, 11) is 0. The van der Waals surface area contributed by atoms with Crippen LogP contribution >= 0.6 is 0 Å². The van der Waals surface area contributed by atoms with Crippen LogP contribution < -0.4 is 5.32 Å². The summed E-state index contributed by atoms with van der Waals surface area (Å²) < 4.78 is 11.1. The van der Waals surface area contributed by atoms with Gasteiger partial charge in [0.25, 0.3) is 0 Å². The van der Waals surface area contributed by atoms with Crippen molar-refractivity contribution in [3.63, 3.8) is 0 Å². The van der Waals surface area contributed by atoms with Gasteiger partial charge in [0.1, 0.15) is 0 Å². The Bertz CT molecular complexity index is 156. The number of ether oxygens (including phenoxy) is 2. The third-order valence-electron chi connectivity index (χ3n) is 2.94. The van der Waals surface area contributed by atoms with E-state index in [0.29, 0.717) is 6.10 Å². The van der Waals surface area contributed by atoms with Crippen molar-refractivity contribution in [1.29, 1.82) is 0 Å². The zero-order chi connectivity index (χ0) is 11.6. The summed E-state index contributed by atoms with van der Waals surface area (Å²) in [6.45, 7) is 9.22. The zero-order valence-electron chi connectivity index (χ0n) is 10.8. The molecular formula is C13H27NO2. The Labute approximate surface area is 99.9 Å². The van der Waals surface area contributed by atoms with Gasteiger partial charge in [-0.3, -0.25) is 0 Å². The van der Waals surface area contributed by atoms with Crippen LogP contribution in [0.2, 0.25) is 0 Å². The van der Waals surface area contributed by atoms with Crippen molar-refractivity contribution < 1.29 is 9.47 Å². The third-order valence-corrected chi connectivity index (χ3v) is 2.94. The van der Waals surface area contributed by atoms with E-state index in [-0.39, 0.29) is 0 Å². The van der Waals surface area contributed by atoms with Crippen LogP contribution in [0, 0.1) is 5.92 Å². The lowest BCUT2D eigenvalue weighted by atomic mass is 10.1. The first-order chi connectivity index (χ1) is 7.79. The van der Waals surface area contributed by atoms with E-state index >= 15 is 0 Å².